The molecule has 2 fully saturated rings. The van der Waals surface area contributed by atoms with Crippen molar-refractivity contribution in [3.05, 3.63) is 0 Å². The van der Waals surface area contributed by atoms with Crippen molar-refractivity contribution in [3.63, 3.8) is 0 Å². The number of likely N-dealkylation sites (tertiary alicyclic amines) is 1. The topological polar surface area (TPSA) is 39.7 Å². The smallest absolute Gasteiger partial charge is 0.191 e. The summed E-state index contributed by atoms with van der Waals surface area (Å²) in [6, 6.07) is 0.610. The average Bonchev–Trinajstić information content (AvgIpc) is 2.91. The van der Waals surface area contributed by atoms with Crippen molar-refractivity contribution in [2.24, 2.45) is 22.7 Å². The highest BCUT2D eigenvalue weighted by molar-refractivity contribution is 5.80. The maximum Gasteiger partial charge on any atom is 0.191 e. The standard InChI is InChI=1S/C18H36N4/c1-5-19-18(20-12-15-10-11-22(4)13-15)21-17-8-6-16(7-9-17)14(2)3/h14-17H,5-13H2,1-4H3,(H2,19,20,21). The molecule has 0 aromatic rings. The highest BCUT2D eigenvalue weighted by Gasteiger charge is 2.24. The Kier molecular flexibility index (Phi) is 7.00. The van der Waals surface area contributed by atoms with Crippen molar-refractivity contribution in [3.8, 4) is 0 Å². The van der Waals surface area contributed by atoms with Crippen molar-refractivity contribution < 1.29 is 0 Å². The minimum atomic E-state index is 0.610. The van der Waals surface area contributed by atoms with E-state index in [9.17, 15) is 0 Å². The molecule has 1 aliphatic heterocycles. The van der Waals surface area contributed by atoms with Crippen LogP contribution in [-0.2, 0) is 0 Å². The van der Waals surface area contributed by atoms with Gasteiger partial charge in [0.05, 0.1) is 0 Å². The third-order valence-electron chi connectivity index (χ3n) is 5.40. The van der Waals surface area contributed by atoms with Gasteiger partial charge in [-0.25, -0.2) is 0 Å². The second-order valence-electron chi connectivity index (χ2n) is 7.64. The molecule has 1 unspecified atom stereocenters. The van der Waals surface area contributed by atoms with Crippen LogP contribution in [0.5, 0.6) is 0 Å². The maximum atomic E-state index is 4.85. The van der Waals surface area contributed by atoms with E-state index in [-0.39, 0.29) is 0 Å². The van der Waals surface area contributed by atoms with E-state index < -0.39 is 0 Å². The zero-order chi connectivity index (χ0) is 15.9. The van der Waals surface area contributed by atoms with Gasteiger partial charge in [-0.1, -0.05) is 13.8 Å². The van der Waals surface area contributed by atoms with E-state index >= 15 is 0 Å². The van der Waals surface area contributed by atoms with Gasteiger partial charge in [-0.2, -0.15) is 0 Å². The van der Waals surface area contributed by atoms with Gasteiger partial charge in [0.25, 0.3) is 0 Å². The third-order valence-corrected chi connectivity index (χ3v) is 5.40. The van der Waals surface area contributed by atoms with E-state index in [1.165, 1.54) is 45.2 Å². The minimum Gasteiger partial charge on any atom is -0.357 e. The van der Waals surface area contributed by atoms with Crippen molar-refractivity contribution in [1.82, 2.24) is 15.5 Å². The van der Waals surface area contributed by atoms with Crippen LogP contribution in [-0.4, -0.2) is 50.1 Å². The molecule has 2 rings (SSSR count). The first-order chi connectivity index (χ1) is 10.6. The van der Waals surface area contributed by atoms with Crippen LogP contribution < -0.4 is 10.6 Å². The molecule has 1 aliphatic carbocycles. The molecule has 4 nitrogen and oxygen atoms in total. The Balaban J connectivity index is 1.78. The van der Waals surface area contributed by atoms with Crippen molar-refractivity contribution in [2.45, 2.75) is 58.9 Å². The molecule has 0 amide bonds. The predicted molar refractivity (Wildman–Crippen MR) is 95.3 cm³/mol. The molecule has 4 heteroatoms. The largest absolute Gasteiger partial charge is 0.357 e. The summed E-state index contributed by atoms with van der Waals surface area (Å²) in [7, 11) is 2.21. The number of nitrogens with zero attached hydrogens (tertiary/aromatic N) is 2. The van der Waals surface area contributed by atoms with E-state index in [0.29, 0.717) is 6.04 Å². The summed E-state index contributed by atoms with van der Waals surface area (Å²) in [5, 5.41) is 7.10. The van der Waals surface area contributed by atoms with Gasteiger partial charge in [-0.05, 0) is 70.4 Å². The summed E-state index contributed by atoms with van der Waals surface area (Å²) in [5.74, 6) is 3.52. The van der Waals surface area contributed by atoms with Gasteiger partial charge in [-0.15, -0.1) is 0 Å². The first kappa shape index (κ1) is 17.6. The minimum absolute atomic E-state index is 0.610. The second kappa shape index (κ2) is 8.76. The summed E-state index contributed by atoms with van der Waals surface area (Å²) in [5.41, 5.74) is 0. The predicted octanol–water partition coefficient (Wildman–Crippen LogP) is 2.71. The summed E-state index contributed by atoms with van der Waals surface area (Å²) in [6.45, 7) is 11.2. The third kappa shape index (κ3) is 5.45. The Labute approximate surface area is 137 Å². The van der Waals surface area contributed by atoms with Gasteiger partial charge < -0.3 is 15.5 Å². The van der Waals surface area contributed by atoms with E-state index in [0.717, 1.165) is 36.8 Å². The van der Waals surface area contributed by atoms with Crippen LogP contribution in [0.4, 0.5) is 0 Å². The molecular weight excluding hydrogens is 272 g/mol. The number of hydrogen-bond acceptors (Lipinski definition) is 2. The lowest BCUT2D eigenvalue weighted by Crippen LogP contribution is -2.45. The molecule has 1 heterocycles. The molecule has 1 saturated heterocycles. The van der Waals surface area contributed by atoms with Crippen molar-refractivity contribution in [1.29, 1.82) is 0 Å². The molecule has 0 bridgehead atoms. The molecule has 0 spiro atoms. The van der Waals surface area contributed by atoms with E-state index in [1.54, 1.807) is 0 Å². The number of hydrogen-bond donors (Lipinski definition) is 2. The van der Waals surface area contributed by atoms with Crippen LogP contribution in [0.25, 0.3) is 0 Å². The summed E-state index contributed by atoms with van der Waals surface area (Å²) in [6.07, 6.45) is 6.60. The Morgan fingerprint density at radius 1 is 1.18 bits per heavy atom. The molecule has 1 saturated carbocycles. The zero-order valence-corrected chi connectivity index (χ0v) is 15.1. The van der Waals surface area contributed by atoms with Crippen LogP contribution in [0.3, 0.4) is 0 Å². The lowest BCUT2D eigenvalue weighted by molar-refractivity contribution is 0.250. The van der Waals surface area contributed by atoms with Gasteiger partial charge >= 0.3 is 0 Å². The van der Waals surface area contributed by atoms with E-state index in [4.69, 9.17) is 4.99 Å². The first-order valence-corrected chi connectivity index (χ1v) is 9.31. The summed E-state index contributed by atoms with van der Waals surface area (Å²) >= 11 is 0. The fraction of sp³-hybridized carbons (Fsp3) is 0.944. The quantitative estimate of drug-likeness (QED) is 0.606. The van der Waals surface area contributed by atoms with Crippen molar-refractivity contribution in [2.75, 3.05) is 33.2 Å². The molecule has 1 atom stereocenters. The van der Waals surface area contributed by atoms with Crippen LogP contribution in [0.15, 0.2) is 4.99 Å². The number of rotatable bonds is 5. The molecule has 22 heavy (non-hydrogen) atoms. The Bertz CT molecular complexity index is 345. The lowest BCUT2D eigenvalue weighted by Gasteiger charge is -2.32. The van der Waals surface area contributed by atoms with Gasteiger partial charge in [0.1, 0.15) is 0 Å². The van der Waals surface area contributed by atoms with Crippen LogP contribution in [0.1, 0.15) is 52.9 Å². The van der Waals surface area contributed by atoms with E-state index in [1.807, 2.05) is 0 Å². The second-order valence-corrected chi connectivity index (χ2v) is 7.64. The number of aliphatic imine (C=N–C) groups is 1. The normalized spacial score (nSPS) is 30.8. The number of nitrogens with one attached hydrogen (secondary N) is 2. The molecule has 0 aromatic carbocycles. The molecular formula is C18H36N4. The van der Waals surface area contributed by atoms with Gasteiger partial charge in [0.2, 0.25) is 0 Å². The average molecular weight is 309 g/mol. The molecule has 2 aliphatic rings. The van der Waals surface area contributed by atoms with Crippen molar-refractivity contribution >= 4 is 5.96 Å². The Hall–Kier alpha value is -0.770. The van der Waals surface area contributed by atoms with Crippen LogP contribution in [0, 0.1) is 17.8 Å². The van der Waals surface area contributed by atoms with E-state index in [2.05, 4.69) is 43.4 Å². The molecule has 0 aromatic heterocycles. The van der Waals surface area contributed by atoms with Gasteiger partial charge in [0.15, 0.2) is 5.96 Å². The monoisotopic (exact) mass is 308 g/mol. The molecule has 0 radical (unpaired) electrons. The van der Waals surface area contributed by atoms with Gasteiger partial charge in [0, 0.05) is 25.7 Å². The SMILES string of the molecule is CCNC(=NCC1CCN(C)C1)NC1CCC(C(C)C)CC1. The van der Waals surface area contributed by atoms with Gasteiger partial charge in [-0.3, -0.25) is 4.99 Å². The summed E-state index contributed by atoms with van der Waals surface area (Å²) in [4.78, 5) is 7.26. The number of guanidine groups is 1. The maximum absolute atomic E-state index is 4.85. The fourth-order valence-electron chi connectivity index (χ4n) is 3.84. The zero-order valence-electron chi connectivity index (χ0n) is 15.1. The molecule has 128 valence electrons. The fourth-order valence-corrected chi connectivity index (χ4v) is 3.84. The highest BCUT2D eigenvalue weighted by atomic mass is 15.2. The highest BCUT2D eigenvalue weighted by Crippen LogP contribution is 2.29. The Morgan fingerprint density at radius 2 is 1.91 bits per heavy atom. The first-order valence-electron chi connectivity index (χ1n) is 9.31. The van der Waals surface area contributed by atoms with Crippen LogP contribution in [0.2, 0.25) is 0 Å². The van der Waals surface area contributed by atoms with Crippen LogP contribution >= 0.6 is 0 Å². The lowest BCUT2D eigenvalue weighted by atomic mass is 9.80. The summed E-state index contributed by atoms with van der Waals surface area (Å²) < 4.78 is 0. The Morgan fingerprint density at radius 3 is 2.45 bits per heavy atom. The molecule has 2 N–H and O–H groups in total.